The molecular weight excluding hydrogens is 415 g/mol. The highest BCUT2D eigenvalue weighted by atomic mass is 35.5. The van der Waals surface area contributed by atoms with E-state index >= 15 is 0 Å². The van der Waals surface area contributed by atoms with Crippen LogP contribution in [-0.4, -0.2) is 30.4 Å². The molecule has 1 unspecified atom stereocenters. The van der Waals surface area contributed by atoms with Gasteiger partial charge in [0.15, 0.2) is 0 Å². The fourth-order valence-corrected chi connectivity index (χ4v) is 2.77. The van der Waals surface area contributed by atoms with E-state index in [-0.39, 0.29) is 12.5 Å². The molecule has 0 saturated heterocycles. The zero-order valence-electron chi connectivity index (χ0n) is 16.0. The maximum Gasteiger partial charge on any atom is 0.319 e. The second-order valence-corrected chi connectivity index (χ2v) is 7.42. The molecule has 4 amide bonds. The largest absolute Gasteiger partial charge is 0.345 e. The van der Waals surface area contributed by atoms with Crippen LogP contribution in [0.2, 0.25) is 10.0 Å². The zero-order valence-corrected chi connectivity index (χ0v) is 17.5. The zero-order chi connectivity index (χ0) is 21.4. The van der Waals surface area contributed by atoms with Crippen LogP contribution in [0.3, 0.4) is 0 Å². The lowest BCUT2D eigenvalue weighted by Gasteiger charge is -2.22. The first-order valence-electron chi connectivity index (χ1n) is 8.91. The van der Waals surface area contributed by atoms with Gasteiger partial charge in [0.25, 0.3) is 0 Å². The number of anilines is 2. The molecule has 0 spiro atoms. The molecule has 2 aromatic rings. The van der Waals surface area contributed by atoms with Crippen LogP contribution in [0.1, 0.15) is 13.8 Å². The number of benzene rings is 2. The van der Waals surface area contributed by atoms with E-state index in [9.17, 15) is 14.4 Å². The van der Waals surface area contributed by atoms with Crippen LogP contribution < -0.4 is 21.3 Å². The van der Waals surface area contributed by atoms with E-state index in [2.05, 4.69) is 21.3 Å². The molecule has 0 aromatic heterocycles. The maximum atomic E-state index is 12.5. The van der Waals surface area contributed by atoms with Gasteiger partial charge < -0.3 is 21.3 Å². The molecule has 9 heteroatoms. The number of carbonyl (C=O) groups is 3. The molecule has 1 atom stereocenters. The molecule has 0 aliphatic carbocycles. The first-order chi connectivity index (χ1) is 13.8. The molecule has 0 saturated carbocycles. The van der Waals surface area contributed by atoms with E-state index < -0.39 is 23.9 Å². The smallest absolute Gasteiger partial charge is 0.319 e. The number of urea groups is 1. The molecule has 29 heavy (non-hydrogen) atoms. The summed E-state index contributed by atoms with van der Waals surface area (Å²) in [5.41, 5.74) is 0.949. The molecule has 154 valence electrons. The highest BCUT2D eigenvalue weighted by Crippen LogP contribution is 2.25. The predicted octanol–water partition coefficient (Wildman–Crippen LogP) is 3.89. The lowest BCUT2D eigenvalue weighted by molar-refractivity contribution is -0.126. The number of hydrogen-bond acceptors (Lipinski definition) is 3. The topological polar surface area (TPSA) is 99.3 Å². The average molecular weight is 437 g/mol. The van der Waals surface area contributed by atoms with Gasteiger partial charge >= 0.3 is 6.03 Å². The molecular formula is C20H22Cl2N4O3. The Morgan fingerprint density at radius 1 is 0.966 bits per heavy atom. The summed E-state index contributed by atoms with van der Waals surface area (Å²) in [5, 5.41) is 11.1. The van der Waals surface area contributed by atoms with Crippen molar-refractivity contribution in [2.24, 2.45) is 5.92 Å². The first-order valence-corrected chi connectivity index (χ1v) is 9.67. The number of rotatable bonds is 7. The monoisotopic (exact) mass is 436 g/mol. The van der Waals surface area contributed by atoms with Crippen molar-refractivity contribution in [2.75, 3.05) is 17.2 Å². The molecule has 0 radical (unpaired) electrons. The Balaban J connectivity index is 1.89. The third-order valence-electron chi connectivity index (χ3n) is 3.89. The summed E-state index contributed by atoms with van der Waals surface area (Å²) in [6, 6.07) is 12.2. The Morgan fingerprint density at radius 3 is 2.31 bits per heavy atom. The second kappa shape index (κ2) is 10.7. The van der Waals surface area contributed by atoms with E-state index in [0.29, 0.717) is 21.4 Å². The summed E-state index contributed by atoms with van der Waals surface area (Å²) < 4.78 is 0. The maximum absolute atomic E-state index is 12.5. The van der Waals surface area contributed by atoms with Gasteiger partial charge in [-0.15, -0.1) is 0 Å². The molecule has 2 rings (SSSR count). The van der Waals surface area contributed by atoms with Crippen LogP contribution >= 0.6 is 23.2 Å². The summed E-state index contributed by atoms with van der Waals surface area (Å²) in [7, 11) is 0. The van der Waals surface area contributed by atoms with E-state index in [1.807, 2.05) is 6.07 Å². The Labute approximate surface area is 179 Å². The summed E-state index contributed by atoms with van der Waals surface area (Å²) in [4.78, 5) is 36.8. The van der Waals surface area contributed by atoms with Gasteiger partial charge in [0.05, 0.1) is 17.3 Å². The summed E-state index contributed by atoms with van der Waals surface area (Å²) in [6.07, 6.45) is 0. The lowest BCUT2D eigenvalue weighted by Crippen LogP contribution is -2.52. The van der Waals surface area contributed by atoms with E-state index in [4.69, 9.17) is 23.2 Å². The number of halogens is 2. The third kappa shape index (κ3) is 7.29. The second-order valence-electron chi connectivity index (χ2n) is 6.58. The summed E-state index contributed by atoms with van der Waals surface area (Å²) >= 11 is 11.9. The molecule has 0 fully saturated rings. The number of para-hydroxylation sites is 1. The molecule has 0 heterocycles. The van der Waals surface area contributed by atoms with Gasteiger partial charge in [-0.05, 0) is 36.2 Å². The van der Waals surface area contributed by atoms with E-state index in [1.165, 1.54) is 6.07 Å². The van der Waals surface area contributed by atoms with Crippen molar-refractivity contribution in [1.82, 2.24) is 10.6 Å². The minimum absolute atomic E-state index is 0.193. The Morgan fingerprint density at radius 2 is 1.66 bits per heavy atom. The van der Waals surface area contributed by atoms with Gasteiger partial charge in [0.2, 0.25) is 11.8 Å². The Hall–Kier alpha value is -2.77. The van der Waals surface area contributed by atoms with Gasteiger partial charge in [-0.1, -0.05) is 55.2 Å². The van der Waals surface area contributed by atoms with Gasteiger partial charge in [-0.3, -0.25) is 9.59 Å². The van der Waals surface area contributed by atoms with Crippen molar-refractivity contribution in [3.8, 4) is 0 Å². The SMILES string of the molecule is CC(C)C(NC(=O)Nc1ccccc1)C(=O)NCC(=O)Nc1cc(Cl)ccc1Cl. The highest BCUT2D eigenvalue weighted by molar-refractivity contribution is 6.35. The molecule has 4 N–H and O–H groups in total. The average Bonchev–Trinajstić information content (AvgIpc) is 2.67. The van der Waals surface area contributed by atoms with Crippen molar-refractivity contribution in [3.05, 3.63) is 58.6 Å². The van der Waals surface area contributed by atoms with Crippen LogP contribution in [0.5, 0.6) is 0 Å². The van der Waals surface area contributed by atoms with Crippen LogP contribution in [0, 0.1) is 5.92 Å². The van der Waals surface area contributed by atoms with Crippen molar-refractivity contribution in [1.29, 1.82) is 0 Å². The number of amides is 4. The van der Waals surface area contributed by atoms with E-state index in [0.717, 1.165) is 0 Å². The van der Waals surface area contributed by atoms with E-state index in [1.54, 1.807) is 50.2 Å². The third-order valence-corrected chi connectivity index (χ3v) is 4.46. The minimum Gasteiger partial charge on any atom is -0.345 e. The van der Waals surface area contributed by atoms with Crippen LogP contribution in [0.15, 0.2) is 48.5 Å². The number of hydrogen-bond donors (Lipinski definition) is 4. The molecule has 0 bridgehead atoms. The quantitative estimate of drug-likeness (QED) is 0.529. The normalized spacial score (nSPS) is 11.5. The van der Waals surface area contributed by atoms with Crippen LogP contribution in [-0.2, 0) is 9.59 Å². The number of carbonyl (C=O) groups excluding carboxylic acids is 3. The molecule has 0 aliphatic heterocycles. The lowest BCUT2D eigenvalue weighted by atomic mass is 10.0. The summed E-state index contributed by atoms with van der Waals surface area (Å²) in [5.74, 6) is -1.14. The molecule has 0 aliphatic rings. The fourth-order valence-electron chi connectivity index (χ4n) is 2.43. The van der Waals surface area contributed by atoms with Gasteiger partial charge in [-0.2, -0.15) is 0 Å². The molecule has 7 nitrogen and oxygen atoms in total. The Bertz CT molecular complexity index is 875. The first kappa shape index (κ1) is 22.5. The van der Waals surface area contributed by atoms with Gasteiger partial charge in [0, 0.05) is 10.7 Å². The van der Waals surface area contributed by atoms with Gasteiger partial charge in [-0.25, -0.2) is 4.79 Å². The molecule has 2 aromatic carbocycles. The van der Waals surface area contributed by atoms with Crippen molar-refractivity contribution < 1.29 is 14.4 Å². The van der Waals surface area contributed by atoms with Crippen molar-refractivity contribution >= 4 is 52.4 Å². The number of nitrogens with one attached hydrogen (secondary N) is 4. The Kier molecular flexibility index (Phi) is 8.30. The van der Waals surface area contributed by atoms with Crippen molar-refractivity contribution in [2.45, 2.75) is 19.9 Å². The predicted molar refractivity (Wildman–Crippen MR) is 115 cm³/mol. The standard InChI is InChI=1S/C20H22Cl2N4O3/c1-12(2)18(26-20(29)24-14-6-4-3-5-7-14)19(28)23-11-17(27)25-16-10-13(21)8-9-15(16)22/h3-10,12,18H,11H2,1-2H3,(H,23,28)(H,25,27)(H2,24,26,29). The van der Waals surface area contributed by atoms with Gasteiger partial charge in [0.1, 0.15) is 6.04 Å². The minimum atomic E-state index is -0.818. The summed E-state index contributed by atoms with van der Waals surface area (Å²) in [6.45, 7) is 3.30. The highest BCUT2D eigenvalue weighted by Gasteiger charge is 2.24. The fraction of sp³-hybridized carbons (Fsp3) is 0.250. The van der Waals surface area contributed by atoms with Crippen LogP contribution in [0.25, 0.3) is 0 Å². The van der Waals surface area contributed by atoms with Crippen molar-refractivity contribution in [3.63, 3.8) is 0 Å². The van der Waals surface area contributed by atoms with Crippen LogP contribution in [0.4, 0.5) is 16.2 Å².